The zero-order valence-electron chi connectivity index (χ0n) is 13.5. The van der Waals surface area contributed by atoms with Crippen LogP contribution in [0.5, 0.6) is 0 Å². The molecule has 0 saturated heterocycles. The first-order valence-electron chi connectivity index (χ1n) is 7.41. The van der Waals surface area contributed by atoms with Crippen molar-refractivity contribution in [1.29, 1.82) is 0 Å². The van der Waals surface area contributed by atoms with Crippen LogP contribution in [0.2, 0.25) is 0 Å². The Hall–Kier alpha value is -2.00. The molecule has 2 aromatic rings. The highest BCUT2D eigenvalue weighted by Gasteiger charge is 2.18. The summed E-state index contributed by atoms with van der Waals surface area (Å²) in [5.41, 5.74) is 0.490. The van der Waals surface area contributed by atoms with Gasteiger partial charge in [-0.15, -0.1) is 11.3 Å². The molecule has 5 nitrogen and oxygen atoms in total. The lowest BCUT2D eigenvalue weighted by Crippen LogP contribution is -2.23. The molecule has 1 aromatic heterocycles. The van der Waals surface area contributed by atoms with Crippen LogP contribution >= 0.6 is 23.1 Å². The van der Waals surface area contributed by atoms with E-state index >= 15 is 0 Å². The Kier molecular flexibility index (Phi) is 6.89. The van der Waals surface area contributed by atoms with E-state index < -0.39 is 22.8 Å². The van der Waals surface area contributed by atoms with Crippen LogP contribution in [-0.2, 0) is 20.7 Å². The zero-order valence-corrected chi connectivity index (χ0v) is 15.2. The van der Waals surface area contributed by atoms with Gasteiger partial charge >= 0.3 is 5.97 Å². The Morgan fingerprint density at radius 2 is 2.16 bits per heavy atom. The summed E-state index contributed by atoms with van der Waals surface area (Å²) < 4.78 is 31.9. The third-order valence-corrected chi connectivity index (χ3v) is 5.12. The minimum atomic E-state index is -0.837. The molecular weight excluding hydrogens is 370 g/mol. The molecule has 0 radical (unpaired) electrons. The first-order valence-corrected chi connectivity index (χ1v) is 9.17. The van der Waals surface area contributed by atoms with Crippen molar-refractivity contribution in [2.24, 2.45) is 0 Å². The van der Waals surface area contributed by atoms with Crippen molar-refractivity contribution in [3.05, 3.63) is 40.9 Å². The van der Waals surface area contributed by atoms with Crippen molar-refractivity contribution >= 4 is 40.7 Å². The first kappa shape index (κ1) is 19.3. The second-order valence-electron chi connectivity index (χ2n) is 4.96. The second-order valence-corrected chi connectivity index (χ2v) is 7.41. The van der Waals surface area contributed by atoms with Crippen molar-refractivity contribution in [1.82, 2.24) is 4.98 Å². The van der Waals surface area contributed by atoms with Crippen LogP contribution in [0.1, 0.15) is 19.5 Å². The highest BCUT2D eigenvalue weighted by atomic mass is 32.2. The third-order valence-electron chi connectivity index (χ3n) is 3.00. The van der Waals surface area contributed by atoms with Crippen LogP contribution in [0, 0.1) is 11.6 Å². The number of halogens is 2. The lowest BCUT2D eigenvalue weighted by atomic mass is 10.3. The van der Waals surface area contributed by atoms with Gasteiger partial charge in [0.15, 0.2) is 4.34 Å². The average molecular weight is 386 g/mol. The van der Waals surface area contributed by atoms with E-state index in [0.717, 1.165) is 6.07 Å². The number of nitrogens with zero attached hydrogens (tertiary/aromatic N) is 1. The van der Waals surface area contributed by atoms with Gasteiger partial charge in [-0.3, -0.25) is 9.59 Å². The number of nitrogens with one attached hydrogen (secondary N) is 1. The normalized spacial score (nSPS) is 11.8. The number of amides is 1. The summed E-state index contributed by atoms with van der Waals surface area (Å²) in [6.45, 7) is 3.68. The minimum Gasteiger partial charge on any atom is -0.466 e. The molecule has 1 heterocycles. The fraction of sp³-hybridized carbons (Fsp3) is 0.312. The molecule has 1 amide bonds. The predicted molar refractivity (Wildman–Crippen MR) is 92.8 cm³/mol. The van der Waals surface area contributed by atoms with Gasteiger partial charge in [-0.05, 0) is 26.0 Å². The summed E-state index contributed by atoms with van der Waals surface area (Å²) in [6, 6.07) is 2.94. The molecule has 0 bridgehead atoms. The Bertz CT molecular complexity index is 768. The predicted octanol–water partition coefficient (Wildman–Crippen LogP) is 3.65. The van der Waals surface area contributed by atoms with Crippen LogP contribution < -0.4 is 5.32 Å². The van der Waals surface area contributed by atoms with Gasteiger partial charge < -0.3 is 10.1 Å². The number of anilines is 1. The molecular formula is C16H16F2N2O3S2. The van der Waals surface area contributed by atoms with Crippen molar-refractivity contribution in [2.45, 2.75) is 29.9 Å². The Morgan fingerprint density at radius 3 is 2.84 bits per heavy atom. The molecule has 0 aliphatic carbocycles. The molecule has 0 unspecified atom stereocenters. The van der Waals surface area contributed by atoms with Gasteiger partial charge in [0.05, 0.1) is 29.7 Å². The van der Waals surface area contributed by atoms with Crippen LogP contribution in [0.3, 0.4) is 0 Å². The molecule has 0 spiro atoms. The fourth-order valence-corrected chi connectivity index (χ4v) is 3.79. The number of carbonyl (C=O) groups is 2. The molecule has 0 fully saturated rings. The van der Waals surface area contributed by atoms with Crippen LogP contribution in [0.25, 0.3) is 0 Å². The quantitative estimate of drug-likeness (QED) is 0.581. The highest BCUT2D eigenvalue weighted by Crippen LogP contribution is 2.28. The monoisotopic (exact) mass is 386 g/mol. The number of carbonyl (C=O) groups excluding carboxylic acids is 2. The number of rotatable bonds is 7. The number of thiazole rings is 1. The van der Waals surface area contributed by atoms with Gasteiger partial charge in [-0.1, -0.05) is 11.8 Å². The lowest BCUT2D eigenvalue weighted by molar-refractivity contribution is -0.142. The number of esters is 1. The maximum Gasteiger partial charge on any atom is 0.311 e. The van der Waals surface area contributed by atoms with E-state index in [-0.39, 0.29) is 18.1 Å². The first-order chi connectivity index (χ1) is 11.9. The van der Waals surface area contributed by atoms with Gasteiger partial charge in [0.2, 0.25) is 5.91 Å². The van der Waals surface area contributed by atoms with E-state index in [0.29, 0.717) is 22.7 Å². The molecule has 134 valence electrons. The smallest absolute Gasteiger partial charge is 0.311 e. The summed E-state index contributed by atoms with van der Waals surface area (Å²) in [5, 5.41) is 3.59. The van der Waals surface area contributed by atoms with Crippen molar-refractivity contribution in [2.75, 3.05) is 11.9 Å². The topological polar surface area (TPSA) is 68.3 Å². The fourth-order valence-electron chi connectivity index (χ4n) is 1.81. The summed E-state index contributed by atoms with van der Waals surface area (Å²) in [6.07, 6.45) is 0.0757. The van der Waals surface area contributed by atoms with Gasteiger partial charge in [-0.25, -0.2) is 13.8 Å². The highest BCUT2D eigenvalue weighted by molar-refractivity contribution is 8.02. The second kappa shape index (κ2) is 8.91. The number of hydrogen-bond donors (Lipinski definition) is 1. The molecule has 9 heteroatoms. The van der Waals surface area contributed by atoms with Crippen LogP contribution in [0.15, 0.2) is 27.9 Å². The van der Waals surface area contributed by atoms with Crippen LogP contribution in [0.4, 0.5) is 14.5 Å². The molecule has 1 atom stereocenters. The number of benzene rings is 1. The van der Waals surface area contributed by atoms with Crippen molar-refractivity contribution in [3.8, 4) is 0 Å². The zero-order chi connectivity index (χ0) is 18.4. The summed E-state index contributed by atoms with van der Waals surface area (Å²) >= 11 is 2.50. The number of hydrogen-bond acceptors (Lipinski definition) is 6. The molecule has 0 aliphatic rings. The number of ether oxygens (including phenoxy) is 1. The third kappa shape index (κ3) is 5.79. The SMILES string of the molecule is CCOC(=O)Cc1csc(S[C@@H](C)C(=O)Nc2ccc(F)cc2F)n1. The molecule has 2 rings (SSSR count). The summed E-state index contributed by atoms with van der Waals surface area (Å²) in [7, 11) is 0. The minimum absolute atomic E-state index is 0.0757. The number of aromatic nitrogens is 1. The van der Waals surface area contributed by atoms with Gasteiger partial charge in [-0.2, -0.15) is 0 Å². The van der Waals surface area contributed by atoms with E-state index in [1.165, 1.54) is 29.2 Å². The Balaban J connectivity index is 1.92. The molecule has 1 N–H and O–H groups in total. The Labute approximate surface area is 151 Å². The van der Waals surface area contributed by atoms with Crippen molar-refractivity contribution in [3.63, 3.8) is 0 Å². The summed E-state index contributed by atoms with van der Waals surface area (Å²) in [4.78, 5) is 27.8. The lowest BCUT2D eigenvalue weighted by Gasteiger charge is -2.11. The largest absolute Gasteiger partial charge is 0.466 e. The molecule has 1 aromatic carbocycles. The summed E-state index contributed by atoms with van der Waals surface area (Å²) in [5.74, 6) is -2.34. The molecule has 0 saturated carbocycles. The van der Waals surface area contributed by atoms with E-state index in [4.69, 9.17) is 4.74 Å². The standard InChI is InChI=1S/C16H16F2N2O3S2/c1-3-23-14(21)7-11-8-24-16(19-11)25-9(2)15(22)20-13-5-4-10(17)6-12(13)18/h4-6,8-9H,3,7H2,1-2H3,(H,20,22)/t9-/m0/s1. The van der Waals surface area contributed by atoms with Crippen LogP contribution in [-0.4, -0.2) is 28.7 Å². The molecule has 25 heavy (non-hydrogen) atoms. The van der Waals surface area contributed by atoms with Crippen molar-refractivity contribution < 1.29 is 23.1 Å². The van der Waals surface area contributed by atoms with E-state index in [2.05, 4.69) is 10.3 Å². The Morgan fingerprint density at radius 1 is 1.40 bits per heavy atom. The maximum absolute atomic E-state index is 13.6. The van der Waals surface area contributed by atoms with Gasteiger partial charge in [0, 0.05) is 11.4 Å². The maximum atomic E-state index is 13.6. The molecule has 0 aliphatic heterocycles. The van der Waals surface area contributed by atoms with Gasteiger partial charge in [0.25, 0.3) is 0 Å². The van der Waals surface area contributed by atoms with Gasteiger partial charge in [0.1, 0.15) is 11.6 Å². The van der Waals surface area contributed by atoms with E-state index in [1.54, 1.807) is 19.2 Å². The number of thioether (sulfide) groups is 1. The average Bonchev–Trinajstić information content (AvgIpc) is 2.97. The van der Waals surface area contributed by atoms with E-state index in [9.17, 15) is 18.4 Å². The van der Waals surface area contributed by atoms with E-state index in [1.807, 2.05) is 0 Å².